The highest BCUT2D eigenvalue weighted by Crippen LogP contribution is 2.27. The Labute approximate surface area is 69.4 Å². The Morgan fingerprint density at radius 2 is 2.00 bits per heavy atom. The molecule has 0 saturated carbocycles. The zero-order valence-electron chi connectivity index (χ0n) is 6.61. The van der Waals surface area contributed by atoms with E-state index >= 15 is 0 Å². The Bertz CT molecular complexity index is 264. The summed E-state index contributed by atoms with van der Waals surface area (Å²) in [5.74, 6) is -0.426. The van der Waals surface area contributed by atoms with E-state index in [1.54, 1.807) is 0 Å². The van der Waals surface area contributed by atoms with Gasteiger partial charge in [0.1, 0.15) is 0 Å². The van der Waals surface area contributed by atoms with Crippen LogP contribution in [-0.4, -0.2) is 4.98 Å². The summed E-state index contributed by atoms with van der Waals surface area (Å²) in [6.45, 7) is 5.48. The van der Waals surface area contributed by atoms with Gasteiger partial charge in [0.05, 0.1) is 0 Å². The number of hydrogen-bond acceptors (Lipinski definition) is 2. The Hall–Kier alpha value is -0.570. The second kappa shape index (κ2) is 2.48. The lowest BCUT2D eigenvalue weighted by Gasteiger charge is -2.12. The first-order chi connectivity index (χ1) is 4.91. The molecule has 0 atom stereocenters. The van der Waals surface area contributed by atoms with Crippen LogP contribution in [0.15, 0.2) is 4.42 Å². The lowest BCUT2D eigenvalue weighted by Crippen LogP contribution is -2.11. The van der Waals surface area contributed by atoms with E-state index in [1.807, 2.05) is 20.8 Å². The molecule has 0 bridgehead atoms. The number of rotatable bonds is 0. The Morgan fingerprint density at radius 3 is 2.18 bits per heavy atom. The fourth-order valence-electron chi connectivity index (χ4n) is 0.740. The van der Waals surface area contributed by atoms with Crippen molar-refractivity contribution in [3.8, 4) is 0 Å². The van der Waals surface area contributed by atoms with Crippen LogP contribution in [0.2, 0.25) is 5.35 Å². The maximum atomic E-state index is 12.8. The second-order valence-electron chi connectivity index (χ2n) is 3.34. The fraction of sp³-hybridized carbons (Fsp3) is 0.571. The van der Waals surface area contributed by atoms with E-state index in [-0.39, 0.29) is 16.5 Å². The number of hydrogen-bond donors (Lipinski definition) is 0. The smallest absolute Gasteiger partial charge is 0.295 e. The van der Waals surface area contributed by atoms with Gasteiger partial charge in [0, 0.05) is 5.41 Å². The topological polar surface area (TPSA) is 26.0 Å². The van der Waals surface area contributed by atoms with Gasteiger partial charge in [-0.05, 0) is 11.6 Å². The summed E-state index contributed by atoms with van der Waals surface area (Å²) in [7, 11) is 0. The average molecular weight is 178 g/mol. The Morgan fingerprint density at radius 1 is 1.45 bits per heavy atom. The SMILES string of the molecule is CC(C)(C)c1oc(Cl)nc1F. The molecule has 4 heteroatoms. The molecule has 0 aromatic carbocycles. The van der Waals surface area contributed by atoms with Crippen molar-refractivity contribution in [2.45, 2.75) is 26.2 Å². The van der Waals surface area contributed by atoms with Crippen LogP contribution in [0.25, 0.3) is 0 Å². The molecule has 0 aliphatic heterocycles. The van der Waals surface area contributed by atoms with Gasteiger partial charge >= 0.3 is 0 Å². The molecule has 0 amide bonds. The molecule has 0 spiro atoms. The second-order valence-corrected chi connectivity index (χ2v) is 3.66. The van der Waals surface area contributed by atoms with Crippen molar-refractivity contribution >= 4 is 11.6 Å². The largest absolute Gasteiger partial charge is 0.429 e. The lowest BCUT2D eigenvalue weighted by atomic mass is 9.94. The molecule has 0 fully saturated rings. The van der Waals surface area contributed by atoms with E-state index in [4.69, 9.17) is 16.0 Å². The minimum atomic E-state index is -0.623. The van der Waals surface area contributed by atoms with Gasteiger partial charge in [0.25, 0.3) is 11.3 Å². The Balaban J connectivity index is 3.13. The van der Waals surface area contributed by atoms with Gasteiger partial charge < -0.3 is 4.42 Å². The molecule has 1 aromatic heterocycles. The highest BCUT2D eigenvalue weighted by atomic mass is 35.5. The molecule has 0 unspecified atom stereocenters. The van der Waals surface area contributed by atoms with Crippen LogP contribution < -0.4 is 0 Å². The minimum Gasteiger partial charge on any atom is -0.429 e. The van der Waals surface area contributed by atoms with Crippen molar-refractivity contribution < 1.29 is 8.81 Å². The average Bonchev–Trinajstić information content (AvgIpc) is 2.08. The number of aromatic nitrogens is 1. The maximum absolute atomic E-state index is 12.8. The van der Waals surface area contributed by atoms with Crippen LogP contribution in [-0.2, 0) is 5.41 Å². The van der Waals surface area contributed by atoms with Gasteiger partial charge in [-0.25, -0.2) is 0 Å². The maximum Gasteiger partial charge on any atom is 0.295 e. The van der Waals surface area contributed by atoms with Crippen LogP contribution in [0.5, 0.6) is 0 Å². The van der Waals surface area contributed by atoms with Crippen molar-refractivity contribution in [3.63, 3.8) is 0 Å². The van der Waals surface area contributed by atoms with Crippen molar-refractivity contribution in [2.24, 2.45) is 0 Å². The van der Waals surface area contributed by atoms with Gasteiger partial charge in [0.15, 0.2) is 5.76 Å². The molecule has 1 heterocycles. The third-order valence-electron chi connectivity index (χ3n) is 1.24. The van der Waals surface area contributed by atoms with E-state index < -0.39 is 5.95 Å². The van der Waals surface area contributed by atoms with E-state index in [0.717, 1.165) is 0 Å². The van der Waals surface area contributed by atoms with Gasteiger partial charge in [-0.2, -0.15) is 9.37 Å². The van der Waals surface area contributed by atoms with Crippen LogP contribution >= 0.6 is 11.6 Å². The monoisotopic (exact) mass is 177 g/mol. The first-order valence-corrected chi connectivity index (χ1v) is 3.61. The van der Waals surface area contributed by atoms with Crippen molar-refractivity contribution in [1.82, 2.24) is 4.98 Å². The molecular formula is C7H9ClFNO. The van der Waals surface area contributed by atoms with E-state index in [9.17, 15) is 4.39 Å². The van der Waals surface area contributed by atoms with Crippen molar-refractivity contribution in [1.29, 1.82) is 0 Å². The summed E-state index contributed by atoms with van der Waals surface area (Å²) in [6.07, 6.45) is 0. The van der Waals surface area contributed by atoms with Crippen LogP contribution in [0, 0.1) is 5.95 Å². The highest BCUT2D eigenvalue weighted by molar-refractivity contribution is 6.27. The first-order valence-electron chi connectivity index (χ1n) is 3.23. The summed E-state index contributed by atoms with van der Waals surface area (Å²) in [4.78, 5) is 3.31. The zero-order chi connectivity index (χ0) is 8.65. The number of oxazole rings is 1. The van der Waals surface area contributed by atoms with Crippen LogP contribution in [0.4, 0.5) is 4.39 Å². The normalized spacial score (nSPS) is 12.1. The van der Waals surface area contributed by atoms with Gasteiger partial charge in [0.2, 0.25) is 0 Å². The van der Waals surface area contributed by atoms with E-state index in [2.05, 4.69) is 4.98 Å². The molecule has 0 radical (unpaired) electrons. The molecule has 0 saturated heterocycles. The van der Waals surface area contributed by atoms with Gasteiger partial charge in [-0.15, -0.1) is 0 Å². The van der Waals surface area contributed by atoms with E-state index in [0.29, 0.717) is 0 Å². The zero-order valence-corrected chi connectivity index (χ0v) is 7.37. The molecule has 0 aliphatic rings. The summed E-state index contributed by atoms with van der Waals surface area (Å²) in [5.41, 5.74) is -0.385. The van der Waals surface area contributed by atoms with Crippen molar-refractivity contribution in [3.05, 3.63) is 17.1 Å². The Kier molecular flexibility index (Phi) is 1.92. The quantitative estimate of drug-likeness (QED) is 0.609. The van der Waals surface area contributed by atoms with Crippen molar-refractivity contribution in [2.75, 3.05) is 0 Å². The molecule has 0 N–H and O–H groups in total. The summed E-state index contributed by atoms with van der Waals surface area (Å²) < 4.78 is 17.7. The standard InChI is InChI=1S/C7H9ClFNO/c1-7(2,3)4-5(9)10-6(8)11-4/h1-3H3. The number of halogens is 2. The number of nitrogens with zero attached hydrogens (tertiary/aromatic N) is 1. The molecule has 11 heavy (non-hydrogen) atoms. The molecule has 62 valence electrons. The molecular weight excluding hydrogens is 169 g/mol. The first kappa shape index (κ1) is 8.53. The molecule has 1 rings (SSSR count). The fourth-order valence-corrected chi connectivity index (χ4v) is 0.891. The molecule has 2 nitrogen and oxygen atoms in total. The van der Waals surface area contributed by atoms with Crippen LogP contribution in [0.3, 0.4) is 0 Å². The predicted octanol–water partition coefficient (Wildman–Crippen LogP) is 2.76. The lowest BCUT2D eigenvalue weighted by molar-refractivity contribution is 0.382. The predicted molar refractivity (Wildman–Crippen MR) is 40.2 cm³/mol. The van der Waals surface area contributed by atoms with E-state index in [1.165, 1.54) is 0 Å². The van der Waals surface area contributed by atoms with Crippen LogP contribution in [0.1, 0.15) is 26.5 Å². The summed E-state index contributed by atoms with van der Waals surface area (Å²) >= 11 is 5.35. The highest BCUT2D eigenvalue weighted by Gasteiger charge is 2.24. The van der Waals surface area contributed by atoms with Gasteiger partial charge in [-0.3, -0.25) is 0 Å². The summed E-state index contributed by atoms with van der Waals surface area (Å²) in [5, 5.41) is -0.146. The minimum absolute atomic E-state index is 0.146. The third kappa shape index (κ3) is 1.71. The third-order valence-corrected chi connectivity index (χ3v) is 1.40. The summed E-state index contributed by atoms with van der Waals surface area (Å²) in [6, 6.07) is 0. The van der Waals surface area contributed by atoms with Gasteiger partial charge in [-0.1, -0.05) is 20.8 Å². The molecule has 1 aromatic rings. The molecule has 0 aliphatic carbocycles.